The molecule has 2 amide bonds. The third kappa shape index (κ3) is 2.99. The predicted octanol–water partition coefficient (Wildman–Crippen LogP) is -0.726. The van der Waals surface area contributed by atoms with Crippen LogP contribution in [-0.2, 0) is 4.79 Å². The number of carbonyl (C=O) groups is 2. The number of hydrogen-bond donors (Lipinski definition) is 4. The number of hydrogen-bond acceptors (Lipinski definition) is 3. The Kier molecular flexibility index (Phi) is 3.27. The van der Waals surface area contributed by atoms with Crippen LogP contribution in [0.5, 0.6) is 0 Å². The van der Waals surface area contributed by atoms with Gasteiger partial charge in [0, 0.05) is 19.6 Å². The fourth-order valence-corrected chi connectivity index (χ4v) is 1.22. The summed E-state index contributed by atoms with van der Waals surface area (Å²) in [7, 11) is 0. The molecule has 0 aliphatic carbocycles. The first-order chi connectivity index (χ1) is 7.25. The lowest BCUT2D eigenvalue weighted by molar-refractivity contribution is -0.192. The molecule has 0 radical (unpaired) electrons. The van der Waals surface area contributed by atoms with Crippen LogP contribution in [0.3, 0.4) is 0 Å². The van der Waals surface area contributed by atoms with Gasteiger partial charge in [-0.05, 0) is 0 Å². The van der Waals surface area contributed by atoms with E-state index in [-0.39, 0.29) is 11.6 Å². The number of halogens is 3. The van der Waals surface area contributed by atoms with E-state index in [1.54, 1.807) is 0 Å². The van der Waals surface area contributed by atoms with Gasteiger partial charge in [0.25, 0.3) is 0 Å². The van der Waals surface area contributed by atoms with E-state index in [4.69, 9.17) is 9.90 Å². The van der Waals surface area contributed by atoms with E-state index >= 15 is 0 Å². The van der Waals surface area contributed by atoms with Crippen molar-refractivity contribution in [1.29, 1.82) is 0 Å². The monoisotopic (exact) mass is 241 g/mol. The molecule has 2 fully saturated rings. The largest absolute Gasteiger partial charge is 0.490 e. The molecule has 1 spiro atoms. The summed E-state index contributed by atoms with van der Waals surface area (Å²) < 4.78 is 31.7. The van der Waals surface area contributed by atoms with Gasteiger partial charge in [-0.3, -0.25) is 0 Å². The zero-order valence-corrected chi connectivity index (χ0v) is 8.02. The molecule has 2 saturated heterocycles. The van der Waals surface area contributed by atoms with Crippen LogP contribution < -0.4 is 16.0 Å². The molecule has 16 heavy (non-hydrogen) atoms. The number of rotatable bonds is 0. The van der Waals surface area contributed by atoms with Crippen molar-refractivity contribution in [3.8, 4) is 0 Å². The first-order valence-electron chi connectivity index (χ1n) is 4.32. The maximum atomic E-state index is 10.6. The van der Waals surface area contributed by atoms with Gasteiger partial charge in [-0.15, -0.1) is 0 Å². The second-order valence-corrected chi connectivity index (χ2v) is 3.49. The Hall–Kier alpha value is -1.51. The van der Waals surface area contributed by atoms with E-state index in [9.17, 15) is 18.0 Å². The number of carboxylic acid groups (broad SMARTS) is 1. The number of nitrogens with one attached hydrogen (secondary N) is 3. The normalized spacial score (nSPS) is 21.3. The average molecular weight is 241 g/mol. The highest BCUT2D eigenvalue weighted by atomic mass is 19.4. The van der Waals surface area contributed by atoms with Crippen molar-refractivity contribution < 1.29 is 27.9 Å². The minimum absolute atomic E-state index is 0.0310. The molecular formula is C7H10F3N3O3. The molecule has 0 aromatic heterocycles. The molecular weight excluding hydrogens is 231 g/mol. The summed E-state index contributed by atoms with van der Waals surface area (Å²) in [5, 5.41) is 15.8. The third-order valence-corrected chi connectivity index (χ3v) is 2.14. The smallest absolute Gasteiger partial charge is 0.475 e. The Balaban J connectivity index is 0.000000168. The second-order valence-electron chi connectivity index (χ2n) is 3.49. The molecule has 2 aliphatic rings. The van der Waals surface area contributed by atoms with Gasteiger partial charge in [-0.2, -0.15) is 13.2 Å². The summed E-state index contributed by atoms with van der Waals surface area (Å²) in [6, 6.07) is -0.0310. The van der Waals surface area contributed by atoms with Gasteiger partial charge in [0.2, 0.25) is 0 Å². The van der Waals surface area contributed by atoms with Gasteiger partial charge < -0.3 is 21.1 Å². The molecule has 6 nitrogen and oxygen atoms in total. The Morgan fingerprint density at radius 2 is 1.81 bits per heavy atom. The second kappa shape index (κ2) is 4.16. The summed E-state index contributed by atoms with van der Waals surface area (Å²) >= 11 is 0. The maximum absolute atomic E-state index is 10.6. The highest BCUT2D eigenvalue weighted by molar-refractivity contribution is 5.78. The summed E-state index contributed by atoms with van der Waals surface area (Å²) in [6.07, 6.45) is -5.08. The first kappa shape index (κ1) is 12.6. The Labute approximate surface area is 88.2 Å². The summed E-state index contributed by atoms with van der Waals surface area (Å²) in [4.78, 5) is 19.5. The zero-order chi connectivity index (χ0) is 12.4. The number of carbonyl (C=O) groups excluding carboxylic acids is 1. The van der Waals surface area contributed by atoms with Crippen molar-refractivity contribution in [3.05, 3.63) is 0 Å². The van der Waals surface area contributed by atoms with E-state index < -0.39 is 12.1 Å². The van der Waals surface area contributed by atoms with E-state index in [0.717, 1.165) is 19.6 Å². The van der Waals surface area contributed by atoms with Crippen molar-refractivity contribution in [2.24, 2.45) is 0 Å². The van der Waals surface area contributed by atoms with Crippen LogP contribution in [0.15, 0.2) is 0 Å². The molecule has 4 N–H and O–H groups in total. The number of carboxylic acids is 1. The molecule has 0 aromatic carbocycles. The maximum Gasteiger partial charge on any atom is 0.490 e. The van der Waals surface area contributed by atoms with Crippen LogP contribution in [0.2, 0.25) is 0 Å². The molecule has 0 unspecified atom stereocenters. The minimum Gasteiger partial charge on any atom is -0.475 e. The standard InChI is InChI=1S/C5H9N3O.C2HF3O2/c9-4-7-3-5(8-4)1-6-2-5;3-2(4,5)1(6)7/h6H,1-3H2,(H2,7,8,9);(H,6,7). The van der Waals surface area contributed by atoms with Gasteiger partial charge in [0.05, 0.1) is 5.54 Å². The molecule has 0 bridgehead atoms. The molecule has 9 heteroatoms. The lowest BCUT2D eigenvalue weighted by Gasteiger charge is -2.37. The quantitative estimate of drug-likeness (QED) is 0.450. The van der Waals surface area contributed by atoms with Crippen LogP contribution in [0.1, 0.15) is 0 Å². The van der Waals surface area contributed by atoms with Crippen molar-refractivity contribution in [1.82, 2.24) is 16.0 Å². The molecule has 2 rings (SSSR count). The highest BCUT2D eigenvalue weighted by Crippen LogP contribution is 2.13. The summed E-state index contributed by atoms with van der Waals surface area (Å²) in [6.45, 7) is 2.59. The third-order valence-electron chi connectivity index (χ3n) is 2.14. The lowest BCUT2D eigenvalue weighted by atomic mass is 9.94. The van der Waals surface area contributed by atoms with E-state index in [2.05, 4.69) is 16.0 Å². The van der Waals surface area contributed by atoms with Gasteiger partial charge in [0.1, 0.15) is 0 Å². The summed E-state index contributed by atoms with van der Waals surface area (Å²) in [5.74, 6) is -2.76. The van der Waals surface area contributed by atoms with Gasteiger partial charge in [-0.25, -0.2) is 9.59 Å². The number of amides is 2. The zero-order valence-electron chi connectivity index (χ0n) is 8.02. The Morgan fingerprint density at radius 1 is 1.31 bits per heavy atom. The SMILES string of the molecule is O=C(O)C(F)(F)F.O=C1NCC2(CNC2)N1. The molecule has 0 aromatic rings. The molecule has 2 heterocycles. The van der Waals surface area contributed by atoms with E-state index in [1.165, 1.54) is 0 Å². The first-order valence-corrected chi connectivity index (χ1v) is 4.32. The van der Waals surface area contributed by atoms with E-state index in [1.807, 2.05) is 0 Å². The van der Waals surface area contributed by atoms with Gasteiger partial charge >= 0.3 is 18.2 Å². The molecule has 2 aliphatic heterocycles. The Bertz CT molecular complexity index is 301. The summed E-state index contributed by atoms with van der Waals surface area (Å²) in [5.41, 5.74) is 0.0666. The van der Waals surface area contributed by atoms with E-state index in [0.29, 0.717) is 0 Å². The average Bonchev–Trinajstić information content (AvgIpc) is 2.46. The van der Waals surface area contributed by atoms with Crippen LogP contribution >= 0.6 is 0 Å². The predicted molar refractivity (Wildman–Crippen MR) is 45.8 cm³/mol. The molecule has 0 saturated carbocycles. The van der Waals surface area contributed by atoms with Gasteiger partial charge in [-0.1, -0.05) is 0 Å². The van der Waals surface area contributed by atoms with Crippen molar-refractivity contribution >= 4 is 12.0 Å². The van der Waals surface area contributed by atoms with Crippen molar-refractivity contribution in [2.45, 2.75) is 11.7 Å². The highest BCUT2D eigenvalue weighted by Gasteiger charge is 2.42. The Morgan fingerprint density at radius 3 is 1.94 bits per heavy atom. The van der Waals surface area contributed by atoms with Crippen LogP contribution in [0.4, 0.5) is 18.0 Å². The van der Waals surface area contributed by atoms with Crippen LogP contribution in [-0.4, -0.2) is 48.5 Å². The minimum atomic E-state index is -5.08. The van der Waals surface area contributed by atoms with Gasteiger partial charge in [0.15, 0.2) is 0 Å². The van der Waals surface area contributed by atoms with Crippen molar-refractivity contribution in [2.75, 3.05) is 19.6 Å². The molecule has 0 atom stereocenters. The number of alkyl halides is 3. The van der Waals surface area contributed by atoms with Crippen LogP contribution in [0, 0.1) is 0 Å². The lowest BCUT2D eigenvalue weighted by Crippen LogP contribution is -2.67. The number of aliphatic carboxylic acids is 1. The fraction of sp³-hybridized carbons (Fsp3) is 0.714. The van der Waals surface area contributed by atoms with Crippen molar-refractivity contribution in [3.63, 3.8) is 0 Å². The van der Waals surface area contributed by atoms with Crippen LogP contribution in [0.25, 0.3) is 0 Å². The fourth-order valence-electron chi connectivity index (χ4n) is 1.22. The topological polar surface area (TPSA) is 90.5 Å². The number of urea groups is 1. The molecule has 92 valence electrons.